The molecule has 2 unspecified atom stereocenters. The van der Waals surface area contributed by atoms with Crippen molar-refractivity contribution in [3.05, 3.63) is 158 Å². The van der Waals surface area contributed by atoms with Gasteiger partial charge in [0, 0.05) is 35.3 Å². The number of benzene rings is 5. The molecule has 5 aromatic carbocycles. The van der Waals surface area contributed by atoms with Crippen LogP contribution in [-0.4, -0.2) is 29.7 Å². The first-order chi connectivity index (χ1) is 27.9. The Labute approximate surface area is 335 Å². The lowest BCUT2D eigenvalue weighted by molar-refractivity contribution is 0.376. The van der Waals surface area contributed by atoms with E-state index in [-0.39, 0.29) is 11.3 Å². The average molecular weight is 885 g/mol. The monoisotopic (exact) mass is 885 g/mol. The van der Waals surface area contributed by atoms with Crippen molar-refractivity contribution in [1.82, 2.24) is 0 Å². The van der Waals surface area contributed by atoms with Gasteiger partial charge in [-0.25, -0.2) is 65.9 Å². The van der Waals surface area contributed by atoms with E-state index in [0.29, 0.717) is 5.69 Å². The molecule has 5 aromatic rings. The lowest BCUT2D eigenvalue weighted by Crippen LogP contribution is -2.67. The molecule has 20 heteroatoms. The Bertz CT molecular complexity index is 2530. The number of anilines is 2. The molecule has 0 spiro atoms. The van der Waals surface area contributed by atoms with Crippen LogP contribution in [0.5, 0.6) is 0 Å². The maximum absolute atomic E-state index is 16.7. The van der Waals surface area contributed by atoms with E-state index in [0.717, 1.165) is 0 Å². The van der Waals surface area contributed by atoms with E-state index >= 15 is 52.7 Å². The lowest BCUT2D eigenvalue weighted by Gasteiger charge is -2.47. The third-order valence-electron chi connectivity index (χ3n) is 11.6. The summed E-state index contributed by atoms with van der Waals surface area (Å²) in [5.74, 6) is -40.8. The topological polar surface area (TPSA) is 3.24 Å². The molecular formula is C40H28B2F15NSi2. The minimum Gasteiger partial charge on any atom is -0.385 e. The second-order valence-corrected chi connectivity index (χ2v) is 27.4. The summed E-state index contributed by atoms with van der Waals surface area (Å²) in [6, 6.07) is 13.7. The largest absolute Gasteiger partial charge is 0.385 e. The van der Waals surface area contributed by atoms with Crippen LogP contribution < -0.4 is 15.7 Å². The molecule has 2 aliphatic heterocycles. The number of fused-ring (bicyclic) bond motifs is 3. The second kappa shape index (κ2) is 14.4. The molecule has 0 saturated heterocycles. The fourth-order valence-corrected chi connectivity index (χ4v) is 15.5. The predicted molar refractivity (Wildman–Crippen MR) is 204 cm³/mol. The highest BCUT2D eigenvalue weighted by molar-refractivity contribution is 7.09. The van der Waals surface area contributed by atoms with Crippen molar-refractivity contribution < 1.29 is 65.9 Å². The maximum Gasteiger partial charge on any atom is 0.276 e. The Kier molecular flexibility index (Phi) is 10.4. The van der Waals surface area contributed by atoms with Crippen LogP contribution in [0.4, 0.5) is 77.2 Å². The average Bonchev–Trinajstić information content (AvgIpc) is 3.68. The Morgan fingerprint density at radius 3 is 1.25 bits per heavy atom. The van der Waals surface area contributed by atoms with Gasteiger partial charge in [-0.1, -0.05) is 81.2 Å². The van der Waals surface area contributed by atoms with Gasteiger partial charge in [0.25, 0.3) is 13.6 Å². The van der Waals surface area contributed by atoms with Gasteiger partial charge in [-0.05, 0) is 34.8 Å². The Morgan fingerprint density at radius 1 is 0.483 bits per heavy atom. The molecule has 60 heavy (non-hydrogen) atoms. The van der Waals surface area contributed by atoms with E-state index in [1.165, 1.54) is 24.3 Å². The van der Waals surface area contributed by atoms with Gasteiger partial charge in [0.2, 0.25) is 5.82 Å². The first-order valence-electron chi connectivity index (χ1n) is 18.1. The van der Waals surface area contributed by atoms with Crippen LogP contribution >= 0.6 is 0 Å². The van der Waals surface area contributed by atoms with Crippen LogP contribution in [0, 0.1) is 87.3 Å². The number of allylic oxidation sites excluding steroid dienone is 2. The minimum atomic E-state index is -3.80. The molecule has 312 valence electrons. The Balaban J connectivity index is 1.90. The molecule has 0 aliphatic carbocycles. The predicted octanol–water partition coefficient (Wildman–Crippen LogP) is 11.1. The van der Waals surface area contributed by atoms with Crippen LogP contribution in [0.3, 0.4) is 0 Å². The fraction of sp³-hybridized carbons (Fsp3) is 0.200. The minimum absolute atomic E-state index is 0.0351. The van der Waals surface area contributed by atoms with E-state index in [4.69, 9.17) is 0 Å². The highest BCUT2D eigenvalue weighted by Crippen LogP contribution is 2.67. The smallest absolute Gasteiger partial charge is 0.276 e. The van der Waals surface area contributed by atoms with Crippen LogP contribution in [0.25, 0.3) is 5.57 Å². The van der Waals surface area contributed by atoms with Crippen LogP contribution in [0.2, 0.25) is 44.7 Å². The molecule has 7 rings (SSSR count). The summed E-state index contributed by atoms with van der Waals surface area (Å²) in [5.41, 5.74) is -9.39. The van der Waals surface area contributed by atoms with Crippen molar-refractivity contribution in [2.24, 2.45) is 0 Å². The van der Waals surface area contributed by atoms with Crippen LogP contribution in [0.15, 0.2) is 60.1 Å². The molecule has 0 radical (unpaired) electrons. The highest BCUT2D eigenvalue weighted by Gasteiger charge is 2.73. The van der Waals surface area contributed by atoms with Crippen molar-refractivity contribution in [2.45, 2.75) is 49.7 Å². The van der Waals surface area contributed by atoms with Gasteiger partial charge in [-0.3, -0.25) is 0 Å². The van der Waals surface area contributed by atoms with E-state index in [1.54, 1.807) is 74.4 Å². The summed E-state index contributed by atoms with van der Waals surface area (Å²) in [7, 11) is -7.34. The zero-order valence-corrected chi connectivity index (χ0v) is 34.0. The molecule has 1 nitrogen and oxygen atoms in total. The van der Waals surface area contributed by atoms with Gasteiger partial charge in [-0.2, -0.15) is 0 Å². The van der Waals surface area contributed by atoms with Gasteiger partial charge >= 0.3 is 0 Å². The zero-order valence-electron chi connectivity index (χ0n) is 32.0. The zero-order chi connectivity index (χ0) is 44.5. The third-order valence-corrected chi connectivity index (χ3v) is 17.3. The van der Waals surface area contributed by atoms with Crippen LogP contribution in [0.1, 0.15) is 11.1 Å². The fourth-order valence-electron chi connectivity index (χ4n) is 9.51. The molecule has 0 N–H and O–H groups in total. The summed E-state index contributed by atoms with van der Waals surface area (Å²) in [5, 5.41) is 0. The number of para-hydroxylation sites is 2. The quantitative estimate of drug-likeness (QED) is 0.0681. The van der Waals surface area contributed by atoms with Crippen molar-refractivity contribution >= 4 is 57.6 Å². The summed E-state index contributed by atoms with van der Waals surface area (Å²) in [4.78, 5) is -0.644. The molecule has 0 saturated carbocycles. The normalized spacial score (nSPS) is 17.9. The number of nitrogens with zero attached hydrogens (tertiary/aromatic N) is 1. The summed E-state index contributed by atoms with van der Waals surface area (Å²) < 4.78 is 237. The van der Waals surface area contributed by atoms with Gasteiger partial charge in [-0.15, -0.1) is 0 Å². The lowest BCUT2D eigenvalue weighted by atomic mass is 9.30. The van der Waals surface area contributed by atoms with Crippen molar-refractivity contribution in [1.29, 1.82) is 0 Å². The van der Waals surface area contributed by atoms with Gasteiger partial charge in [0.05, 0.1) is 13.6 Å². The molecule has 0 bridgehead atoms. The van der Waals surface area contributed by atoms with E-state index in [2.05, 4.69) is 0 Å². The number of rotatable bonds is 7. The molecule has 2 heterocycles. The molecule has 2 aliphatic rings. The summed E-state index contributed by atoms with van der Waals surface area (Å²) in [6.45, 7) is 4.45. The van der Waals surface area contributed by atoms with Gasteiger partial charge in [0.1, 0.15) is 0 Å². The Hall–Kier alpha value is -4.85. The van der Waals surface area contributed by atoms with Gasteiger partial charge in [0.15, 0.2) is 81.4 Å². The van der Waals surface area contributed by atoms with Crippen LogP contribution in [-0.2, 0) is 4.94 Å². The first-order valence-corrected chi connectivity index (χ1v) is 25.2. The molecule has 2 atom stereocenters. The standard InChI is InChI=1S/C40H28B2F15NSi2/c1-59(2,3)39-20(19-23(43)29(49)35(55)30(50)24(19)44)38(40(60(4,5)6)17-14-10-11-15-18(17)58(42(39)40)16-12-8-7-9-13-16)41(21-25(45)31(51)36(56)32(52)26(21)46)22-27(47)33(53)37(57)34(54)28(22)48/h7-15,39H,1-6H3. The summed E-state index contributed by atoms with van der Waals surface area (Å²) in [6.07, 6.45) is 0. The summed E-state index contributed by atoms with van der Waals surface area (Å²) >= 11 is 0. The number of halogens is 15. The molecule has 0 amide bonds. The second-order valence-electron chi connectivity index (χ2n) is 16.7. The Morgan fingerprint density at radius 2 is 0.850 bits per heavy atom. The van der Waals surface area contributed by atoms with Crippen molar-refractivity contribution in [3.63, 3.8) is 0 Å². The maximum atomic E-state index is 16.7. The SMILES string of the molecule is C[Si](C)(C)C1B2N(c3ccccc3)c3ccccc3C2([Si](C)(C)C)C(B(c2c(F)c(F)c(F)c(F)c2F)c2c(F)c(F)c(F)c(F)c2F)=C1c1c(F)c(F)c(F)c(F)c1F. The van der Waals surface area contributed by atoms with Crippen molar-refractivity contribution in [2.75, 3.05) is 4.81 Å². The molecular weight excluding hydrogens is 857 g/mol. The van der Waals surface area contributed by atoms with Crippen molar-refractivity contribution in [3.8, 4) is 0 Å². The van der Waals surface area contributed by atoms with Gasteiger partial charge < -0.3 is 4.81 Å². The number of hydrogen-bond donors (Lipinski definition) is 0. The third kappa shape index (κ3) is 5.71. The van der Waals surface area contributed by atoms with E-state index in [1.807, 2.05) is 0 Å². The van der Waals surface area contributed by atoms with E-state index < -0.39 is 155 Å². The number of hydrogen-bond acceptors (Lipinski definition) is 1. The highest BCUT2D eigenvalue weighted by atomic mass is 28.3. The van der Waals surface area contributed by atoms with E-state index in [9.17, 15) is 13.2 Å². The first kappa shape index (κ1) is 43.2. The molecule has 0 fully saturated rings. The molecule has 0 aromatic heterocycles.